The van der Waals surface area contributed by atoms with Crippen LogP contribution < -0.4 is 0 Å². The lowest BCUT2D eigenvalue weighted by atomic mass is 9.82. The lowest BCUT2D eigenvalue weighted by Crippen LogP contribution is -2.22. The van der Waals surface area contributed by atoms with Crippen molar-refractivity contribution in [2.45, 2.75) is 59.3 Å². The van der Waals surface area contributed by atoms with E-state index in [1.807, 2.05) is 20.2 Å². The summed E-state index contributed by atoms with van der Waals surface area (Å²) in [7, 11) is 4.02. The molecule has 0 saturated heterocycles. The number of carbonyl (C=O) groups excluding carboxylic acids is 1. The molecular formula is C16H31NO. The van der Waals surface area contributed by atoms with Crippen LogP contribution in [0.3, 0.4) is 0 Å². The molecule has 0 aromatic heterocycles. The monoisotopic (exact) mass is 253 g/mol. The van der Waals surface area contributed by atoms with Crippen molar-refractivity contribution in [3.05, 3.63) is 12.2 Å². The minimum absolute atomic E-state index is 0.199. The van der Waals surface area contributed by atoms with Gasteiger partial charge >= 0.3 is 0 Å². The van der Waals surface area contributed by atoms with Gasteiger partial charge < -0.3 is 4.90 Å². The quantitative estimate of drug-likeness (QED) is 0.432. The Labute approximate surface area is 113 Å². The third-order valence-corrected chi connectivity index (χ3v) is 3.31. The molecule has 0 aliphatic rings. The third kappa shape index (κ3) is 8.46. The van der Waals surface area contributed by atoms with Gasteiger partial charge in [0.2, 0.25) is 0 Å². The van der Waals surface area contributed by atoms with Gasteiger partial charge in [-0.2, -0.15) is 0 Å². The van der Waals surface area contributed by atoms with Crippen molar-refractivity contribution in [3.63, 3.8) is 0 Å². The Balaban J connectivity index is 3.95. The van der Waals surface area contributed by atoms with E-state index in [0.29, 0.717) is 0 Å². The number of likely N-dealkylation sites (N-methyl/N-ethyl adjacent to an activating group) is 1. The predicted octanol–water partition coefficient (Wildman–Crippen LogP) is 4.06. The van der Waals surface area contributed by atoms with Crippen LogP contribution in [0.1, 0.15) is 59.3 Å². The van der Waals surface area contributed by atoms with Crippen molar-refractivity contribution in [2.75, 3.05) is 20.6 Å². The molecule has 0 aromatic carbocycles. The first-order valence-corrected chi connectivity index (χ1v) is 7.26. The molecule has 0 atom stereocenters. The zero-order chi connectivity index (χ0) is 14.0. The van der Waals surface area contributed by atoms with E-state index in [-0.39, 0.29) is 11.2 Å². The molecule has 18 heavy (non-hydrogen) atoms. The van der Waals surface area contributed by atoms with Crippen molar-refractivity contribution in [1.29, 1.82) is 0 Å². The maximum Gasteiger partial charge on any atom is 0.160 e. The topological polar surface area (TPSA) is 20.3 Å². The zero-order valence-corrected chi connectivity index (χ0v) is 13.0. The van der Waals surface area contributed by atoms with Crippen molar-refractivity contribution < 1.29 is 4.79 Å². The Bertz CT molecular complexity index is 254. The number of rotatable bonds is 10. The average molecular weight is 253 g/mol. The molecule has 0 aliphatic carbocycles. The summed E-state index contributed by atoms with van der Waals surface area (Å²) in [6.45, 7) is 7.19. The smallest absolute Gasteiger partial charge is 0.160 e. The fraction of sp³-hybridized carbons (Fsp3) is 0.812. The van der Waals surface area contributed by atoms with Gasteiger partial charge in [-0.15, -0.1) is 0 Å². The summed E-state index contributed by atoms with van der Waals surface area (Å²) in [5.41, 5.74) is -0.199. The highest BCUT2D eigenvalue weighted by Crippen LogP contribution is 2.25. The molecule has 0 spiro atoms. The van der Waals surface area contributed by atoms with Gasteiger partial charge in [-0.3, -0.25) is 4.79 Å². The van der Waals surface area contributed by atoms with E-state index < -0.39 is 0 Å². The van der Waals surface area contributed by atoms with E-state index in [9.17, 15) is 4.79 Å². The second-order valence-corrected chi connectivity index (χ2v) is 6.08. The van der Waals surface area contributed by atoms with Crippen LogP contribution in [0.15, 0.2) is 12.2 Å². The Kier molecular flexibility index (Phi) is 8.99. The van der Waals surface area contributed by atoms with Crippen molar-refractivity contribution in [2.24, 2.45) is 5.41 Å². The summed E-state index contributed by atoms with van der Waals surface area (Å²) in [5.74, 6) is 0.264. The standard InChI is InChI=1S/C16H31NO/c1-6-7-8-9-10-13-16(2,3)15(18)12-11-14-17(4)5/h11-12H,6-10,13-14H2,1-5H3/b12-11+. The molecule has 0 rings (SSSR count). The van der Waals surface area contributed by atoms with Crippen LogP contribution in [0.4, 0.5) is 0 Å². The van der Waals surface area contributed by atoms with Crippen LogP contribution in [0.2, 0.25) is 0 Å². The van der Waals surface area contributed by atoms with E-state index in [1.165, 1.54) is 32.1 Å². The molecule has 2 nitrogen and oxygen atoms in total. The van der Waals surface area contributed by atoms with Crippen LogP contribution in [-0.2, 0) is 4.79 Å². The van der Waals surface area contributed by atoms with E-state index in [2.05, 4.69) is 25.7 Å². The fourth-order valence-electron chi connectivity index (χ4n) is 1.89. The minimum atomic E-state index is -0.199. The number of ketones is 1. The zero-order valence-electron chi connectivity index (χ0n) is 13.0. The highest BCUT2D eigenvalue weighted by atomic mass is 16.1. The summed E-state index contributed by atoms with van der Waals surface area (Å²) in [6.07, 6.45) is 11.0. The van der Waals surface area contributed by atoms with Gasteiger partial charge in [-0.05, 0) is 26.6 Å². The number of unbranched alkanes of at least 4 members (excludes halogenated alkanes) is 4. The van der Waals surface area contributed by atoms with Gasteiger partial charge in [0, 0.05) is 12.0 Å². The van der Waals surface area contributed by atoms with Crippen LogP contribution in [0, 0.1) is 5.41 Å². The van der Waals surface area contributed by atoms with Gasteiger partial charge in [-0.25, -0.2) is 0 Å². The number of carbonyl (C=O) groups is 1. The second-order valence-electron chi connectivity index (χ2n) is 6.08. The SMILES string of the molecule is CCCCCCCC(C)(C)C(=O)/C=C/CN(C)C. The maximum atomic E-state index is 12.1. The van der Waals surface area contributed by atoms with E-state index in [1.54, 1.807) is 6.08 Å². The summed E-state index contributed by atoms with van der Waals surface area (Å²) in [4.78, 5) is 14.1. The van der Waals surface area contributed by atoms with E-state index >= 15 is 0 Å². The molecule has 0 N–H and O–H groups in total. The highest BCUT2D eigenvalue weighted by molar-refractivity contribution is 5.94. The highest BCUT2D eigenvalue weighted by Gasteiger charge is 2.24. The van der Waals surface area contributed by atoms with Crippen LogP contribution in [0.25, 0.3) is 0 Å². The lowest BCUT2D eigenvalue weighted by Gasteiger charge is -2.21. The molecule has 0 unspecified atom stereocenters. The molecule has 0 aliphatic heterocycles. The predicted molar refractivity (Wildman–Crippen MR) is 79.9 cm³/mol. The second kappa shape index (κ2) is 9.32. The summed E-state index contributed by atoms with van der Waals surface area (Å²) >= 11 is 0. The minimum Gasteiger partial charge on any atom is -0.306 e. The third-order valence-electron chi connectivity index (χ3n) is 3.31. The van der Waals surface area contributed by atoms with Crippen LogP contribution >= 0.6 is 0 Å². The molecule has 0 heterocycles. The van der Waals surface area contributed by atoms with Crippen molar-refractivity contribution >= 4 is 5.78 Å². The van der Waals surface area contributed by atoms with Crippen molar-refractivity contribution in [1.82, 2.24) is 4.90 Å². The molecule has 0 saturated carbocycles. The Morgan fingerprint density at radius 2 is 1.72 bits per heavy atom. The summed E-state index contributed by atoms with van der Waals surface area (Å²) < 4.78 is 0. The Morgan fingerprint density at radius 3 is 2.28 bits per heavy atom. The lowest BCUT2D eigenvalue weighted by molar-refractivity contribution is -0.122. The molecule has 106 valence electrons. The Morgan fingerprint density at radius 1 is 1.11 bits per heavy atom. The van der Waals surface area contributed by atoms with E-state index in [0.717, 1.165) is 13.0 Å². The van der Waals surface area contributed by atoms with Crippen LogP contribution in [-0.4, -0.2) is 31.3 Å². The molecule has 0 bridgehead atoms. The van der Waals surface area contributed by atoms with Crippen LogP contribution in [0.5, 0.6) is 0 Å². The van der Waals surface area contributed by atoms with E-state index in [4.69, 9.17) is 0 Å². The molecule has 0 amide bonds. The van der Waals surface area contributed by atoms with Crippen molar-refractivity contribution in [3.8, 4) is 0 Å². The molecule has 0 fully saturated rings. The number of hydrogen-bond donors (Lipinski definition) is 0. The van der Waals surface area contributed by atoms with Gasteiger partial charge in [0.05, 0.1) is 0 Å². The van der Waals surface area contributed by atoms with Gasteiger partial charge in [0.25, 0.3) is 0 Å². The van der Waals surface area contributed by atoms with Gasteiger partial charge in [0.15, 0.2) is 5.78 Å². The molecular weight excluding hydrogens is 222 g/mol. The first-order chi connectivity index (χ1) is 8.40. The number of hydrogen-bond acceptors (Lipinski definition) is 2. The first kappa shape index (κ1) is 17.4. The normalized spacial score (nSPS) is 12.6. The molecule has 0 aromatic rings. The average Bonchev–Trinajstić information content (AvgIpc) is 2.28. The number of nitrogens with zero attached hydrogens (tertiary/aromatic N) is 1. The maximum absolute atomic E-state index is 12.1. The molecule has 2 heteroatoms. The Hall–Kier alpha value is -0.630. The first-order valence-electron chi connectivity index (χ1n) is 7.26. The summed E-state index contributed by atoms with van der Waals surface area (Å²) in [6, 6.07) is 0. The fourth-order valence-corrected chi connectivity index (χ4v) is 1.89. The largest absolute Gasteiger partial charge is 0.306 e. The summed E-state index contributed by atoms with van der Waals surface area (Å²) in [5, 5.41) is 0. The van der Waals surface area contributed by atoms with Gasteiger partial charge in [0.1, 0.15) is 0 Å². The molecule has 0 radical (unpaired) electrons. The van der Waals surface area contributed by atoms with Gasteiger partial charge in [-0.1, -0.05) is 59.0 Å². The number of allylic oxidation sites excluding steroid dienone is 1.